The summed E-state index contributed by atoms with van der Waals surface area (Å²) in [5, 5.41) is 39.0. The van der Waals surface area contributed by atoms with E-state index in [9.17, 15) is 25.3 Å². The molecule has 164 valence electrons. The molecular weight excluding hydrogens is 402 g/mol. The van der Waals surface area contributed by atoms with E-state index in [0.717, 1.165) is 23.8 Å². The molecule has 1 aromatic carbocycles. The number of unbranched alkanes of at least 4 members (excludes halogenated alkanes) is 3. The fourth-order valence-corrected chi connectivity index (χ4v) is 3.06. The van der Waals surface area contributed by atoms with Crippen molar-refractivity contribution in [3.05, 3.63) is 49.8 Å². The van der Waals surface area contributed by atoms with Crippen LogP contribution in [0.1, 0.15) is 50.7 Å². The van der Waals surface area contributed by atoms with Crippen LogP contribution in [0.5, 0.6) is 11.6 Å². The van der Waals surface area contributed by atoms with Crippen LogP contribution in [0, 0.1) is 28.4 Å². The van der Waals surface area contributed by atoms with Gasteiger partial charge in [-0.3, -0.25) is 19.5 Å². The largest absolute Gasteiger partial charge is 0.494 e. The van der Waals surface area contributed by atoms with Crippen LogP contribution in [0.3, 0.4) is 0 Å². The Hall–Kier alpha value is -3.74. The lowest BCUT2D eigenvalue weighted by atomic mass is 10.1. The molecule has 2 aromatic rings. The van der Waals surface area contributed by atoms with E-state index in [1.807, 2.05) is 6.07 Å². The maximum Gasteiger partial charge on any atom is 0.300 e. The van der Waals surface area contributed by atoms with Crippen molar-refractivity contribution in [2.24, 2.45) is 10.2 Å². The highest BCUT2D eigenvalue weighted by Crippen LogP contribution is 2.33. The predicted octanol–water partition coefficient (Wildman–Crippen LogP) is 5.04. The molecule has 0 fully saturated rings. The lowest BCUT2D eigenvalue weighted by molar-refractivity contribution is -0.384. The van der Waals surface area contributed by atoms with Crippen LogP contribution in [-0.4, -0.2) is 21.2 Å². The van der Waals surface area contributed by atoms with Gasteiger partial charge in [0.25, 0.3) is 11.2 Å². The van der Waals surface area contributed by atoms with Crippen molar-refractivity contribution >= 4 is 17.1 Å². The average molecular weight is 427 g/mol. The summed E-state index contributed by atoms with van der Waals surface area (Å²) in [6, 6.07) is 6.00. The summed E-state index contributed by atoms with van der Waals surface area (Å²) in [6.07, 6.45) is 3.52. The molecule has 1 heterocycles. The number of nitro groups is 1. The summed E-state index contributed by atoms with van der Waals surface area (Å²) in [5.41, 5.74) is -1.06. The molecule has 0 aliphatic carbocycles. The number of nitriles is 1. The van der Waals surface area contributed by atoms with Gasteiger partial charge in [0.2, 0.25) is 5.88 Å². The topological polar surface area (TPSA) is 143 Å². The lowest BCUT2D eigenvalue weighted by Crippen LogP contribution is -2.22. The van der Waals surface area contributed by atoms with E-state index >= 15 is 0 Å². The van der Waals surface area contributed by atoms with E-state index in [1.165, 1.54) is 25.1 Å². The second-order valence-corrected chi connectivity index (χ2v) is 6.84. The zero-order chi connectivity index (χ0) is 23.0. The van der Waals surface area contributed by atoms with Gasteiger partial charge in [-0.05, 0) is 32.4 Å². The van der Waals surface area contributed by atoms with Gasteiger partial charge in [-0.1, -0.05) is 26.2 Å². The van der Waals surface area contributed by atoms with Crippen molar-refractivity contribution in [2.45, 2.75) is 53.0 Å². The summed E-state index contributed by atoms with van der Waals surface area (Å²) >= 11 is 0. The number of hydrogen-bond donors (Lipinski definition) is 1. The first kappa shape index (κ1) is 23.5. The summed E-state index contributed by atoms with van der Waals surface area (Å²) in [7, 11) is 0. The highest BCUT2D eigenvalue weighted by atomic mass is 16.6. The number of aromatic nitrogens is 1. The number of rotatable bonds is 10. The van der Waals surface area contributed by atoms with Crippen molar-refractivity contribution in [1.29, 1.82) is 5.26 Å². The van der Waals surface area contributed by atoms with E-state index in [0.29, 0.717) is 18.8 Å². The molecule has 0 amide bonds. The Morgan fingerprint density at radius 3 is 2.61 bits per heavy atom. The Kier molecular flexibility index (Phi) is 8.25. The van der Waals surface area contributed by atoms with Crippen molar-refractivity contribution in [3.8, 4) is 17.7 Å². The standard InChI is InChI=1S/C21H25N5O5/c1-4-6-7-8-11-25-20(27)16(13-22)14(3)19(21(25)28)24-23-17-10-9-15(31-5-2)12-18(17)26(29)30/h9-10,12,27H,4-8,11H2,1-3H3. The van der Waals surface area contributed by atoms with Crippen LogP contribution in [-0.2, 0) is 6.54 Å². The number of aromatic hydroxyl groups is 1. The van der Waals surface area contributed by atoms with Crippen LogP contribution < -0.4 is 10.3 Å². The zero-order valence-corrected chi connectivity index (χ0v) is 17.8. The smallest absolute Gasteiger partial charge is 0.300 e. The number of nitro benzene ring substituents is 1. The number of benzene rings is 1. The molecule has 2 rings (SSSR count). The zero-order valence-electron chi connectivity index (χ0n) is 17.8. The quantitative estimate of drug-likeness (QED) is 0.243. The van der Waals surface area contributed by atoms with E-state index in [4.69, 9.17) is 4.74 Å². The lowest BCUT2D eigenvalue weighted by Gasteiger charge is -2.12. The second kappa shape index (κ2) is 10.9. The highest BCUT2D eigenvalue weighted by Gasteiger charge is 2.20. The number of azo groups is 1. The normalized spacial score (nSPS) is 10.9. The molecule has 31 heavy (non-hydrogen) atoms. The third kappa shape index (κ3) is 5.45. The second-order valence-electron chi connectivity index (χ2n) is 6.84. The average Bonchev–Trinajstić information content (AvgIpc) is 2.74. The third-order valence-electron chi connectivity index (χ3n) is 4.72. The molecule has 1 N–H and O–H groups in total. The molecule has 0 saturated heterocycles. The van der Waals surface area contributed by atoms with Crippen LogP contribution in [0.2, 0.25) is 0 Å². The number of hydrogen-bond acceptors (Lipinski definition) is 8. The Morgan fingerprint density at radius 2 is 2.00 bits per heavy atom. The van der Waals surface area contributed by atoms with Gasteiger partial charge in [0.1, 0.15) is 17.4 Å². The molecule has 0 atom stereocenters. The molecule has 0 bridgehead atoms. The van der Waals surface area contributed by atoms with Gasteiger partial charge in [0, 0.05) is 12.1 Å². The minimum atomic E-state index is -0.618. The van der Waals surface area contributed by atoms with Gasteiger partial charge in [-0.25, -0.2) is 0 Å². The van der Waals surface area contributed by atoms with E-state index in [-0.39, 0.29) is 34.7 Å². The van der Waals surface area contributed by atoms with Crippen molar-refractivity contribution < 1.29 is 14.8 Å². The summed E-state index contributed by atoms with van der Waals surface area (Å²) < 4.78 is 6.37. The molecule has 0 saturated carbocycles. The molecule has 0 aliphatic rings. The third-order valence-corrected chi connectivity index (χ3v) is 4.72. The van der Waals surface area contributed by atoms with Crippen LogP contribution in [0.4, 0.5) is 17.1 Å². The molecule has 1 aromatic heterocycles. The fraction of sp³-hybridized carbons (Fsp3) is 0.429. The SMILES string of the molecule is CCCCCCn1c(O)c(C#N)c(C)c(N=Nc2ccc(OCC)cc2[N+](=O)[O-])c1=O. The van der Waals surface area contributed by atoms with Crippen molar-refractivity contribution in [3.63, 3.8) is 0 Å². The first-order valence-electron chi connectivity index (χ1n) is 10.0. The van der Waals surface area contributed by atoms with Crippen LogP contribution in [0.15, 0.2) is 33.2 Å². The summed E-state index contributed by atoms with van der Waals surface area (Å²) in [6.45, 7) is 5.86. The minimum Gasteiger partial charge on any atom is -0.494 e. The van der Waals surface area contributed by atoms with Crippen LogP contribution in [0.25, 0.3) is 0 Å². The monoisotopic (exact) mass is 427 g/mol. The molecule has 0 radical (unpaired) electrons. The molecule has 0 spiro atoms. The molecule has 0 aliphatic heterocycles. The van der Waals surface area contributed by atoms with Gasteiger partial charge in [-0.15, -0.1) is 10.2 Å². The summed E-state index contributed by atoms with van der Waals surface area (Å²) in [4.78, 5) is 23.7. The van der Waals surface area contributed by atoms with Gasteiger partial charge in [-0.2, -0.15) is 5.26 Å². The molecular formula is C21H25N5O5. The van der Waals surface area contributed by atoms with Crippen molar-refractivity contribution in [2.75, 3.05) is 6.61 Å². The van der Waals surface area contributed by atoms with Gasteiger partial charge >= 0.3 is 0 Å². The summed E-state index contributed by atoms with van der Waals surface area (Å²) in [5.74, 6) is -0.0948. The van der Waals surface area contributed by atoms with Crippen molar-refractivity contribution in [1.82, 2.24) is 4.57 Å². The van der Waals surface area contributed by atoms with E-state index < -0.39 is 16.4 Å². The van der Waals surface area contributed by atoms with Gasteiger partial charge in [0.05, 0.1) is 17.6 Å². The van der Waals surface area contributed by atoms with E-state index in [2.05, 4.69) is 17.2 Å². The van der Waals surface area contributed by atoms with Gasteiger partial charge < -0.3 is 9.84 Å². The first-order chi connectivity index (χ1) is 14.8. The van der Waals surface area contributed by atoms with E-state index in [1.54, 1.807) is 6.92 Å². The molecule has 10 heteroatoms. The Bertz CT molecular complexity index is 1090. The molecule has 10 nitrogen and oxygen atoms in total. The van der Waals surface area contributed by atoms with Crippen LogP contribution >= 0.6 is 0 Å². The fourth-order valence-electron chi connectivity index (χ4n) is 3.06. The van der Waals surface area contributed by atoms with Gasteiger partial charge in [0.15, 0.2) is 11.4 Å². The Labute approximate surface area is 179 Å². The number of nitrogens with zero attached hydrogens (tertiary/aromatic N) is 5. The number of ether oxygens (including phenoxy) is 1. The number of pyridine rings is 1. The molecule has 0 unspecified atom stereocenters. The first-order valence-corrected chi connectivity index (χ1v) is 10.0. The Balaban J connectivity index is 2.51. The Morgan fingerprint density at radius 1 is 1.26 bits per heavy atom. The predicted molar refractivity (Wildman–Crippen MR) is 114 cm³/mol. The maximum atomic E-state index is 12.9. The minimum absolute atomic E-state index is 0.0617. The highest BCUT2D eigenvalue weighted by molar-refractivity contribution is 5.61. The maximum absolute atomic E-state index is 12.9.